The van der Waals surface area contributed by atoms with Gasteiger partial charge in [0.25, 0.3) is 5.69 Å². The van der Waals surface area contributed by atoms with Gasteiger partial charge in [-0.3, -0.25) is 14.8 Å². The molecule has 3 aromatic rings. The third kappa shape index (κ3) is 3.75. The van der Waals surface area contributed by atoms with E-state index in [2.05, 4.69) is 22.2 Å². The zero-order valence-electron chi connectivity index (χ0n) is 13.2. The van der Waals surface area contributed by atoms with Gasteiger partial charge in [-0.15, -0.1) is 0 Å². The summed E-state index contributed by atoms with van der Waals surface area (Å²) in [5, 5.41) is 15.0. The molecule has 0 aliphatic heterocycles. The van der Waals surface area contributed by atoms with Gasteiger partial charge in [0.2, 0.25) is 0 Å². The van der Waals surface area contributed by atoms with E-state index in [0.717, 1.165) is 12.1 Å². The van der Waals surface area contributed by atoms with Crippen molar-refractivity contribution >= 4 is 11.5 Å². The number of hydrogen-bond donors (Lipinski definition) is 0. The van der Waals surface area contributed by atoms with Crippen molar-refractivity contribution in [1.82, 2.24) is 14.8 Å². The van der Waals surface area contributed by atoms with Gasteiger partial charge in [0.1, 0.15) is 12.0 Å². The summed E-state index contributed by atoms with van der Waals surface area (Å²) in [7, 11) is 1.89. The first-order chi connectivity index (χ1) is 11.6. The van der Waals surface area contributed by atoms with Crippen molar-refractivity contribution in [1.29, 1.82) is 0 Å². The van der Waals surface area contributed by atoms with E-state index in [0.29, 0.717) is 12.4 Å². The van der Waals surface area contributed by atoms with Crippen molar-refractivity contribution in [2.75, 3.05) is 11.9 Å². The summed E-state index contributed by atoms with van der Waals surface area (Å²) in [6.45, 7) is 1.35. The summed E-state index contributed by atoms with van der Waals surface area (Å²) in [4.78, 5) is 16.3. The highest BCUT2D eigenvalue weighted by atomic mass is 16.6. The molecule has 7 nitrogen and oxygen atoms in total. The van der Waals surface area contributed by atoms with E-state index in [1.54, 1.807) is 6.07 Å². The van der Waals surface area contributed by atoms with Crippen LogP contribution >= 0.6 is 0 Å². The van der Waals surface area contributed by atoms with Crippen LogP contribution in [0.3, 0.4) is 0 Å². The molecule has 1 aromatic carbocycles. The number of aromatic nitrogens is 3. The van der Waals surface area contributed by atoms with Gasteiger partial charge in [0.05, 0.1) is 17.7 Å². The second-order valence-electron chi connectivity index (χ2n) is 5.52. The van der Waals surface area contributed by atoms with Gasteiger partial charge in [0, 0.05) is 31.4 Å². The Hall–Kier alpha value is -3.22. The zero-order chi connectivity index (χ0) is 16.9. The van der Waals surface area contributed by atoms with Crippen LogP contribution in [0.15, 0.2) is 61.1 Å². The van der Waals surface area contributed by atoms with Crippen LogP contribution in [-0.4, -0.2) is 26.7 Å². The summed E-state index contributed by atoms with van der Waals surface area (Å²) < 4.78 is 1.89. The molecule has 0 amide bonds. The molecule has 0 atom stereocenters. The Morgan fingerprint density at radius 2 is 1.92 bits per heavy atom. The highest BCUT2D eigenvalue weighted by molar-refractivity contribution is 5.42. The Bertz CT molecular complexity index is 815. The fourth-order valence-corrected chi connectivity index (χ4v) is 2.41. The Balaban J connectivity index is 1.64. The lowest BCUT2D eigenvalue weighted by Crippen LogP contribution is -2.17. The lowest BCUT2D eigenvalue weighted by atomic mass is 10.2. The average Bonchev–Trinajstić information content (AvgIpc) is 3.02. The van der Waals surface area contributed by atoms with Crippen LogP contribution in [0.1, 0.15) is 11.1 Å². The minimum atomic E-state index is -0.454. The van der Waals surface area contributed by atoms with Gasteiger partial charge >= 0.3 is 0 Å². The van der Waals surface area contributed by atoms with Crippen LogP contribution in [0.2, 0.25) is 0 Å². The normalized spacial score (nSPS) is 10.5. The first kappa shape index (κ1) is 15.7. The van der Waals surface area contributed by atoms with Gasteiger partial charge in [-0.25, -0.2) is 4.98 Å². The predicted molar refractivity (Wildman–Crippen MR) is 90.8 cm³/mol. The van der Waals surface area contributed by atoms with Crippen LogP contribution in [0, 0.1) is 10.1 Å². The first-order valence-corrected chi connectivity index (χ1v) is 7.48. The van der Waals surface area contributed by atoms with E-state index in [-0.39, 0.29) is 5.69 Å². The van der Waals surface area contributed by atoms with Crippen molar-refractivity contribution in [3.63, 3.8) is 0 Å². The molecule has 2 heterocycles. The number of pyridine rings is 1. The van der Waals surface area contributed by atoms with Crippen molar-refractivity contribution in [2.45, 2.75) is 13.1 Å². The topological polar surface area (TPSA) is 77.1 Å². The Kier molecular flexibility index (Phi) is 4.51. The highest BCUT2D eigenvalue weighted by Gasteiger charge is 2.09. The van der Waals surface area contributed by atoms with E-state index < -0.39 is 4.92 Å². The second-order valence-corrected chi connectivity index (χ2v) is 5.52. The van der Waals surface area contributed by atoms with Crippen LogP contribution in [-0.2, 0) is 13.1 Å². The van der Waals surface area contributed by atoms with Gasteiger partial charge in [-0.2, -0.15) is 5.10 Å². The van der Waals surface area contributed by atoms with Gasteiger partial charge in [0.15, 0.2) is 0 Å². The minimum absolute atomic E-state index is 0.0113. The molecule has 0 saturated heterocycles. The van der Waals surface area contributed by atoms with E-state index in [1.807, 2.05) is 47.2 Å². The lowest BCUT2D eigenvalue weighted by Gasteiger charge is -2.16. The predicted octanol–water partition coefficient (Wildman–Crippen LogP) is 2.87. The van der Waals surface area contributed by atoms with Crippen LogP contribution in [0.5, 0.6) is 0 Å². The summed E-state index contributed by atoms with van der Waals surface area (Å²) in [5.41, 5.74) is 2.23. The fourth-order valence-electron chi connectivity index (χ4n) is 2.41. The SMILES string of the molecule is CN(Cc1cnn(Cc2ccccc2)c1)c1ccc([N+](=O)[O-])cn1. The Morgan fingerprint density at radius 3 is 2.58 bits per heavy atom. The number of hydrogen-bond acceptors (Lipinski definition) is 5. The molecule has 0 spiro atoms. The first-order valence-electron chi connectivity index (χ1n) is 7.48. The Labute approximate surface area is 139 Å². The smallest absolute Gasteiger partial charge is 0.287 e. The van der Waals surface area contributed by atoms with Crippen molar-refractivity contribution in [3.8, 4) is 0 Å². The molecule has 2 aromatic heterocycles. The van der Waals surface area contributed by atoms with Gasteiger partial charge < -0.3 is 4.90 Å². The molecule has 0 radical (unpaired) electrons. The maximum atomic E-state index is 10.7. The zero-order valence-corrected chi connectivity index (χ0v) is 13.2. The molecule has 3 rings (SSSR count). The molecule has 24 heavy (non-hydrogen) atoms. The average molecular weight is 323 g/mol. The van der Waals surface area contributed by atoms with Crippen LogP contribution in [0.25, 0.3) is 0 Å². The summed E-state index contributed by atoms with van der Waals surface area (Å²) >= 11 is 0. The molecule has 0 bridgehead atoms. The molecule has 122 valence electrons. The van der Waals surface area contributed by atoms with Gasteiger partial charge in [-0.05, 0) is 11.6 Å². The van der Waals surface area contributed by atoms with Gasteiger partial charge in [-0.1, -0.05) is 30.3 Å². The van der Waals surface area contributed by atoms with E-state index in [1.165, 1.54) is 17.8 Å². The second kappa shape index (κ2) is 6.91. The molecule has 0 fully saturated rings. The standard InChI is InChI=1S/C17H17N5O2/c1-20(17-8-7-16(10-18-17)22(23)24)11-15-9-19-21(13-15)12-14-5-3-2-4-6-14/h2-10,13H,11-12H2,1H3. The lowest BCUT2D eigenvalue weighted by molar-refractivity contribution is -0.385. The minimum Gasteiger partial charge on any atom is -0.355 e. The highest BCUT2D eigenvalue weighted by Crippen LogP contribution is 2.16. The number of nitrogens with zero attached hydrogens (tertiary/aromatic N) is 5. The molecule has 0 saturated carbocycles. The van der Waals surface area contributed by atoms with Crippen molar-refractivity contribution in [2.24, 2.45) is 0 Å². The summed E-state index contributed by atoms with van der Waals surface area (Å²) in [6, 6.07) is 13.2. The maximum absolute atomic E-state index is 10.7. The van der Waals surface area contributed by atoms with Crippen LogP contribution < -0.4 is 4.90 Å². The summed E-state index contributed by atoms with van der Waals surface area (Å²) in [6.07, 6.45) is 5.09. The number of rotatable bonds is 6. The molecular formula is C17H17N5O2. The van der Waals surface area contributed by atoms with E-state index in [4.69, 9.17) is 0 Å². The van der Waals surface area contributed by atoms with E-state index in [9.17, 15) is 10.1 Å². The molecule has 0 unspecified atom stereocenters. The van der Waals surface area contributed by atoms with Crippen molar-refractivity contribution in [3.05, 3.63) is 82.3 Å². The molecule has 0 N–H and O–H groups in total. The fraction of sp³-hybridized carbons (Fsp3) is 0.176. The van der Waals surface area contributed by atoms with Crippen molar-refractivity contribution < 1.29 is 4.92 Å². The number of benzene rings is 1. The van der Waals surface area contributed by atoms with E-state index >= 15 is 0 Å². The number of nitro groups is 1. The molecular weight excluding hydrogens is 306 g/mol. The molecule has 0 aliphatic carbocycles. The monoisotopic (exact) mass is 323 g/mol. The summed E-state index contributed by atoms with van der Waals surface area (Å²) in [5.74, 6) is 0.677. The molecule has 7 heteroatoms. The maximum Gasteiger partial charge on any atom is 0.287 e. The Morgan fingerprint density at radius 1 is 1.12 bits per heavy atom. The largest absolute Gasteiger partial charge is 0.355 e. The van der Waals surface area contributed by atoms with Crippen LogP contribution in [0.4, 0.5) is 11.5 Å². The third-order valence-electron chi connectivity index (χ3n) is 3.63. The number of anilines is 1. The quantitative estimate of drug-likeness (QED) is 0.515. The third-order valence-corrected chi connectivity index (χ3v) is 3.63. The molecule has 0 aliphatic rings.